The van der Waals surface area contributed by atoms with Crippen LogP contribution < -0.4 is 0 Å². The van der Waals surface area contributed by atoms with Crippen molar-refractivity contribution in [2.75, 3.05) is 0 Å². The summed E-state index contributed by atoms with van der Waals surface area (Å²) < 4.78 is 13.4. The van der Waals surface area contributed by atoms with Crippen molar-refractivity contribution in [1.82, 2.24) is 4.98 Å². The predicted octanol–water partition coefficient (Wildman–Crippen LogP) is 2.77. The highest BCUT2D eigenvalue weighted by molar-refractivity contribution is 6.29. The summed E-state index contributed by atoms with van der Waals surface area (Å²) in [5, 5.41) is 1.07. The average Bonchev–Trinajstić information content (AvgIpc) is 2.23. The molecule has 0 N–H and O–H groups in total. The summed E-state index contributed by atoms with van der Waals surface area (Å²) in [5.74, 6) is -0.427. The van der Waals surface area contributed by atoms with Gasteiger partial charge in [0.1, 0.15) is 17.3 Å². The van der Waals surface area contributed by atoms with E-state index in [1.165, 1.54) is 6.07 Å². The zero-order valence-electron chi connectivity index (χ0n) is 7.71. The van der Waals surface area contributed by atoms with Gasteiger partial charge in [0.25, 0.3) is 0 Å². The molecule has 2 nitrogen and oxygen atoms in total. The number of fused-ring (bicyclic) bond motifs is 1. The normalized spacial score (nSPS) is 10.5. The van der Waals surface area contributed by atoms with Gasteiger partial charge in [-0.25, -0.2) is 9.37 Å². The maximum atomic E-state index is 13.4. The van der Waals surface area contributed by atoms with Gasteiger partial charge in [-0.15, -0.1) is 0 Å². The maximum Gasteiger partial charge on any atom is 0.129 e. The van der Waals surface area contributed by atoms with Crippen molar-refractivity contribution in [3.63, 3.8) is 0 Å². The molecule has 0 saturated heterocycles. The van der Waals surface area contributed by atoms with Gasteiger partial charge in [0.05, 0.1) is 5.52 Å². The van der Waals surface area contributed by atoms with E-state index in [1.807, 2.05) is 0 Å². The van der Waals surface area contributed by atoms with Crippen molar-refractivity contribution < 1.29 is 9.18 Å². The molecule has 0 saturated carbocycles. The largest absolute Gasteiger partial charge is 0.303 e. The molecule has 1 heterocycles. The van der Waals surface area contributed by atoms with E-state index in [4.69, 9.17) is 11.6 Å². The molecule has 0 radical (unpaired) electrons. The highest BCUT2D eigenvalue weighted by atomic mass is 35.5. The first-order valence-corrected chi connectivity index (χ1v) is 4.77. The van der Waals surface area contributed by atoms with Crippen LogP contribution in [0.3, 0.4) is 0 Å². The number of benzene rings is 1. The molecule has 2 rings (SSSR count). The summed E-state index contributed by atoms with van der Waals surface area (Å²) in [4.78, 5) is 14.4. The van der Waals surface area contributed by atoms with Gasteiger partial charge in [-0.05, 0) is 24.3 Å². The fourth-order valence-electron chi connectivity index (χ4n) is 1.48. The van der Waals surface area contributed by atoms with Crippen molar-refractivity contribution in [2.45, 2.75) is 6.42 Å². The van der Waals surface area contributed by atoms with Gasteiger partial charge in [-0.2, -0.15) is 0 Å². The average molecular weight is 224 g/mol. The SMILES string of the molecule is O=CCc1c(F)ccc2ccc(Cl)nc12. The molecule has 0 aliphatic heterocycles. The highest BCUT2D eigenvalue weighted by Crippen LogP contribution is 2.21. The zero-order chi connectivity index (χ0) is 10.8. The van der Waals surface area contributed by atoms with Crippen LogP contribution in [0.15, 0.2) is 24.3 Å². The maximum absolute atomic E-state index is 13.4. The third-order valence-corrected chi connectivity index (χ3v) is 2.37. The number of halogens is 2. The topological polar surface area (TPSA) is 30.0 Å². The minimum absolute atomic E-state index is 0.0104. The van der Waals surface area contributed by atoms with Crippen molar-refractivity contribution in [3.05, 3.63) is 40.8 Å². The number of carbonyl (C=O) groups is 1. The summed E-state index contributed by atoms with van der Waals surface area (Å²) in [5.41, 5.74) is 0.750. The molecule has 4 heteroatoms. The van der Waals surface area contributed by atoms with E-state index in [-0.39, 0.29) is 6.42 Å². The lowest BCUT2D eigenvalue weighted by Gasteiger charge is -2.04. The Labute approximate surface area is 90.7 Å². The smallest absolute Gasteiger partial charge is 0.129 e. The zero-order valence-corrected chi connectivity index (χ0v) is 8.46. The van der Waals surface area contributed by atoms with Gasteiger partial charge in [0, 0.05) is 17.4 Å². The summed E-state index contributed by atoms with van der Waals surface area (Å²) >= 11 is 5.72. The number of carbonyl (C=O) groups excluding carboxylic acids is 1. The molecule has 0 aliphatic rings. The Balaban J connectivity index is 2.77. The van der Waals surface area contributed by atoms with Gasteiger partial charge < -0.3 is 4.79 Å². The van der Waals surface area contributed by atoms with E-state index in [9.17, 15) is 9.18 Å². The van der Waals surface area contributed by atoms with Gasteiger partial charge in [0.15, 0.2) is 0 Å². The molecule has 2 aromatic rings. The number of hydrogen-bond acceptors (Lipinski definition) is 2. The molecule has 76 valence electrons. The summed E-state index contributed by atoms with van der Waals surface area (Å²) in [6.45, 7) is 0. The number of pyridine rings is 1. The van der Waals surface area contributed by atoms with Crippen LogP contribution in [0, 0.1) is 5.82 Å². The van der Waals surface area contributed by atoms with E-state index < -0.39 is 5.82 Å². The fraction of sp³-hybridized carbons (Fsp3) is 0.0909. The second-order valence-electron chi connectivity index (χ2n) is 3.10. The molecule has 0 fully saturated rings. The molecule has 0 atom stereocenters. The minimum atomic E-state index is -0.427. The second-order valence-corrected chi connectivity index (χ2v) is 3.49. The van der Waals surface area contributed by atoms with Crippen LogP contribution in [-0.4, -0.2) is 11.3 Å². The molecule has 0 bridgehead atoms. The van der Waals surface area contributed by atoms with Gasteiger partial charge in [-0.1, -0.05) is 11.6 Å². The number of nitrogens with zero attached hydrogens (tertiary/aromatic N) is 1. The lowest BCUT2D eigenvalue weighted by Crippen LogP contribution is -1.95. The molecule has 0 unspecified atom stereocenters. The molecule has 15 heavy (non-hydrogen) atoms. The first-order valence-electron chi connectivity index (χ1n) is 4.39. The number of aromatic nitrogens is 1. The van der Waals surface area contributed by atoms with Crippen molar-refractivity contribution >= 4 is 28.8 Å². The first-order chi connectivity index (χ1) is 7.22. The monoisotopic (exact) mass is 223 g/mol. The van der Waals surface area contributed by atoms with E-state index in [0.717, 1.165) is 5.39 Å². The predicted molar refractivity (Wildman–Crippen MR) is 56.5 cm³/mol. The van der Waals surface area contributed by atoms with Crippen molar-refractivity contribution in [2.24, 2.45) is 0 Å². The summed E-state index contributed by atoms with van der Waals surface area (Å²) in [6, 6.07) is 6.32. The standard InChI is InChI=1S/C11H7ClFNO/c12-10-4-2-7-1-3-9(13)8(5-6-15)11(7)14-10/h1-4,6H,5H2. The van der Waals surface area contributed by atoms with Crippen LogP contribution in [-0.2, 0) is 11.2 Å². The number of aldehydes is 1. The first kappa shape index (κ1) is 10.1. The Morgan fingerprint density at radius 3 is 2.80 bits per heavy atom. The van der Waals surface area contributed by atoms with E-state index >= 15 is 0 Å². The molecule has 1 aromatic heterocycles. The van der Waals surface area contributed by atoms with Gasteiger partial charge in [0.2, 0.25) is 0 Å². The molecular formula is C11H7ClFNO. The summed E-state index contributed by atoms with van der Waals surface area (Å²) in [6.07, 6.45) is 0.664. The second kappa shape index (κ2) is 3.95. The van der Waals surface area contributed by atoms with Gasteiger partial charge >= 0.3 is 0 Å². The highest BCUT2D eigenvalue weighted by Gasteiger charge is 2.08. The molecule has 0 aliphatic carbocycles. The van der Waals surface area contributed by atoms with E-state index in [2.05, 4.69) is 4.98 Å². The van der Waals surface area contributed by atoms with E-state index in [1.54, 1.807) is 18.2 Å². The Bertz CT molecular complexity index is 522. The third-order valence-electron chi connectivity index (χ3n) is 2.16. The Hall–Kier alpha value is -1.48. The quantitative estimate of drug-likeness (QED) is 0.579. The Kier molecular flexibility index (Phi) is 2.64. The number of hydrogen-bond donors (Lipinski definition) is 0. The van der Waals surface area contributed by atoms with Crippen LogP contribution in [0.25, 0.3) is 10.9 Å². The molecule has 0 spiro atoms. The van der Waals surface area contributed by atoms with Crippen LogP contribution in [0.5, 0.6) is 0 Å². The molecule has 0 amide bonds. The van der Waals surface area contributed by atoms with Crippen LogP contribution in [0.2, 0.25) is 5.15 Å². The third kappa shape index (κ3) is 1.83. The lowest BCUT2D eigenvalue weighted by molar-refractivity contribution is -0.107. The van der Waals surface area contributed by atoms with Crippen molar-refractivity contribution in [1.29, 1.82) is 0 Å². The minimum Gasteiger partial charge on any atom is -0.303 e. The van der Waals surface area contributed by atoms with Crippen LogP contribution >= 0.6 is 11.6 Å². The number of rotatable bonds is 2. The fourth-order valence-corrected chi connectivity index (χ4v) is 1.62. The lowest BCUT2D eigenvalue weighted by atomic mass is 10.1. The summed E-state index contributed by atoms with van der Waals surface area (Å²) in [7, 11) is 0. The Morgan fingerprint density at radius 2 is 2.07 bits per heavy atom. The molecular weight excluding hydrogens is 217 g/mol. The van der Waals surface area contributed by atoms with E-state index in [0.29, 0.717) is 22.5 Å². The molecule has 1 aromatic carbocycles. The van der Waals surface area contributed by atoms with Crippen molar-refractivity contribution in [3.8, 4) is 0 Å². The van der Waals surface area contributed by atoms with Gasteiger partial charge in [-0.3, -0.25) is 0 Å². The van der Waals surface area contributed by atoms with Crippen LogP contribution in [0.4, 0.5) is 4.39 Å². The van der Waals surface area contributed by atoms with Crippen LogP contribution in [0.1, 0.15) is 5.56 Å². The Morgan fingerprint density at radius 1 is 1.33 bits per heavy atom.